The van der Waals surface area contributed by atoms with E-state index in [1.54, 1.807) is 46.9 Å². The van der Waals surface area contributed by atoms with E-state index in [9.17, 15) is 8.42 Å². The van der Waals surface area contributed by atoms with E-state index in [0.717, 1.165) is 22.3 Å². The lowest BCUT2D eigenvalue weighted by atomic mass is 10.2. The quantitative estimate of drug-likeness (QED) is 0.317. The molecule has 0 aliphatic rings. The van der Waals surface area contributed by atoms with Gasteiger partial charge in [-0.25, -0.2) is 9.97 Å². The van der Waals surface area contributed by atoms with E-state index >= 15 is 0 Å². The first-order chi connectivity index (χ1) is 12.4. The van der Waals surface area contributed by atoms with Gasteiger partial charge in [-0.05, 0) is 23.4 Å². The van der Waals surface area contributed by atoms with Crippen molar-refractivity contribution in [3.63, 3.8) is 0 Å². The molecule has 0 atom stereocenters. The van der Waals surface area contributed by atoms with Crippen LogP contribution in [-0.2, 0) is 23.9 Å². The van der Waals surface area contributed by atoms with E-state index < -0.39 is 10.3 Å². The van der Waals surface area contributed by atoms with Crippen molar-refractivity contribution in [3.05, 3.63) is 36.0 Å². The second-order valence-electron chi connectivity index (χ2n) is 5.42. The van der Waals surface area contributed by atoms with Gasteiger partial charge in [0.2, 0.25) is 0 Å². The molecule has 1 aromatic carbocycles. The number of hydrogen-bond donors (Lipinski definition) is 3. The smallest absolute Gasteiger partial charge is 0.357 e. The summed E-state index contributed by atoms with van der Waals surface area (Å²) in [5.74, 6) is 1.56. The number of aromatic nitrogens is 4. The van der Waals surface area contributed by atoms with Crippen LogP contribution in [0, 0.1) is 0 Å². The zero-order valence-electron chi connectivity index (χ0n) is 14.2. The highest BCUT2D eigenvalue weighted by Gasteiger charge is 2.11. The number of fused-ring (bicyclic) bond motifs is 1. The van der Waals surface area contributed by atoms with Crippen molar-refractivity contribution in [3.8, 4) is 0 Å². The van der Waals surface area contributed by atoms with Gasteiger partial charge < -0.3 is 5.32 Å². The summed E-state index contributed by atoms with van der Waals surface area (Å²) in [4.78, 5) is 9.06. The van der Waals surface area contributed by atoms with Gasteiger partial charge >= 0.3 is 10.3 Å². The van der Waals surface area contributed by atoms with Crippen LogP contribution in [0.4, 0.5) is 11.5 Å². The van der Waals surface area contributed by atoms with Gasteiger partial charge in [-0.2, -0.15) is 13.5 Å². The molecule has 0 radical (unpaired) electrons. The molecular formula is C15H18N6O3S2. The average molecular weight is 394 g/mol. The highest BCUT2D eigenvalue weighted by molar-refractivity contribution is 7.99. The molecule has 11 heteroatoms. The molecule has 0 spiro atoms. The molecule has 0 unspecified atom stereocenters. The Labute approximate surface area is 155 Å². The van der Waals surface area contributed by atoms with Crippen molar-refractivity contribution in [2.75, 3.05) is 15.8 Å². The van der Waals surface area contributed by atoms with Gasteiger partial charge in [0.05, 0.1) is 17.3 Å². The molecule has 0 saturated carbocycles. The van der Waals surface area contributed by atoms with Crippen LogP contribution in [0.3, 0.4) is 0 Å². The zero-order chi connectivity index (χ0) is 18.7. The molecule has 2 heterocycles. The van der Waals surface area contributed by atoms with Crippen molar-refractivity contribution in [1.82, 2.24) is 19.7 Å². The Morgan fingerprint density at radius 3 is 2.62 bits per heavy atom. The van der Waals surface area contributed by atoms with Gasteiger partial charge in [-0.1, -0.05) is 30.8 Å². The molecule has 0 fully saturated rings. The third kappa shape index (κ3) is 4.42. The normalized spacial score (nSPS) is 11.7. The second-order valence-corrected chi connectivity index (χ2v) is 7.81. The first kappa shape index (κ1) is 18.4. The lowest BCUT2D eigenvalue weighted by molar-refractivity contribution is 0.489. The van der Waals surface area contributed by atoms with Gasteiger partial charge in [-0.15, -0.1) is 0 Å². The molecule has 3 aromatic rings. The van der Waals surface area contributed by atoms with Crippen LogP contribution in [0.5, 0.6) is 0 Å². The number of rotatable bonds is 7. The van der Waals surface area contributed by atoms with E-state index in [2.05, 4.69) is 20.4 Å². The Morgan fingerprint density at radius 1 is 1.23 bits per heavy atom. The SMILES string of the molecule is CCSc1nc(NCc2ccc(NS(=O)(=O)O)cc2)c2cnn(C)c2n1. The topological polar surface area (TPSA) is 122 Å². The van der Waals surface area contributed by atoms with Crippen molar-refractivity contribution >= 4 is 44.6 Å². The fourth-order valence-electron chi connectivity index (χ4n) is 2.36. The van der Waals surface area contributed by atoms with Gasteiger partial charge in [0, 0.05) is 13.6 Å². The third-order valence-electron chi connectivity index (χ3n) is 3.51. The summed E-state index contributed by atoms with van der Waals surface area (Å²) in [7, 11) is -2.44. The molecule has 0 aliphatic heterocycles. The molecule has 2 aromatic heterocycles. The predicted molar refractivity (Wildman–Crippen MR) is 102 cm³/mol. The molecule has 0 amide bonds. The number of benzene rings is 1. The summed E-state index contributed by atoms with van der Waals surface area (Å²) in [5, 5.41) is 9.02. The lowest BCUT2D eigenvalue weighted by Gasteiger charge is -2.09. The molecular weight excluding hydrogens is 376 g/mol. The van der Waals surface area contributed by atoms with Crippen LogP contribution >= 0.6 is 11.8 Å². The minimum Gasteiger partial charge on any atom is -0.365 e. The number of nitrogens with zero attached hydrogens (tertiary/aromatic N) is 4. The number of nitrogens with one attached hydrogen (secondary N) is 2. The largest absolute Gasteiger partial charge is 0.365 e. The van der Waals surface area contributed by atoms with Crippen LogP contribution in [0.1, 0.15) is 12.5 Å². The lowest BCUT2D eigenvalue weighted by Crippen LogP contribution is -2.10. The van der Waals surface area contributed by atoms with Gasteiger partial charge in [0.15, 0.2) is 10.8 Å². The molecule has 0 aliphatic carbocycles. The molecule has 26 heavy (non-hydrogen) atoms. The van der Waals surface area contributed by atoms with Crippen LogP contribution in [0.25, 0.3) is 11.0 Å². The Balaban J connectivity index is 1.79. The highest BCUT2D eigenvalue weighted by Crippen LogP contribution is 2.24. The zero-order valence-corrected chi connectivity index (χ0v) is 15.8. The van der Waals surface area contributed by atoms with Crippen LogP contribution < -0.4 is 10.0 Å². The van der Waals surface area contributed by atoms with E-state index in [0.29, 0.717) is 17.5 Å². The maximum atomic E-state index is 10.8. The standard InChI is InChI=1S/C15H18N6O3S2/c1-3-25-15-18-13(12-9-17-21(2)14(12)19-15)16-8-10-4-6-11(7-5-10)20-26(22,23)24/h4-7,9,20H,3,8H2,1-2H3,(H,16,18,19)(H,22,23,24). The molecule has 138 valence electrons. The Hall–Kier alpha value is -2.37. The van der Waals surface area contributed by atoms with E-state index in [1.807, 2.05) is 18.7 Å². The molecule has 9 nitrogen and oxygen atoms in total. The van der Waals surface area contributed by atoms with Crippen molar-refractivity contribution in [2.24, 2.45) is 7.05 Å². The van der Waals surface area contributed by atoms with Crippen molar-refractivity contribution in [2.45, 2.75) is 18.6 Å². The Kier molecular flexibility index (Phi) is 5.30. The van der Waals surface area contributed by atoms with Gasteiger partial charge in [0.1, 0.15) is 5.82 Å². The van der Waals surface area contributed by atoms with Gasteiger partial charge in [0.25, 0.3) is 0 Å². The minimum absolute atomic E-state index is 0.287. The van der Waals surface area contributed by atoms with E-state index in [-0.39, 0.29) is 5.69 Å². The molecule has 0 bridgehead atoms. The number of hydrogen-bond acceptors (Lipinski definition) is 7. The first-order valence-electron chi connectivity index (χ1n) is 7.76. The monoisotopic (exact) mass is 394 g/mol. The summed E-state index contributed by atoms with van der Waals surface area (Å²) in [6.45, 7) is 2.53. The third-order valence-corrected chi connectivity index (χ3v) is 4.73. The second kappa shape index (κ2) is 7.48. The van der Waals surface area contributed by atoms with E-state index in [1.165, 1.54) is 0 Å². The maximum Gasteiger partial charge on any atom is 0.357 e. The van der Waals surface area contributed by atoms with Crippen LogP contribution in [0.2, 0.25) is 0 Å². The van der Waals surface area contributed by atoms with Crippen LogP contribution in [0.15, 0.2) is 35.6 Å². The molecule has 3 N–H and O–H groups in total. The summed E-state index contributed by atoms with van der Waals surface area (Å²) >= 11 is 1.55. The van der Waals surface area contributed by atoms with Gasteiger partial charge in [-0.3, -0.25) is 14.0 Å². The van der Waals surface area contributed by atoms with E-state index in [4.69, 9.17) is 4.55 Å². The van der Waals surface area contributed by atoms with Crippen molar-refractivity contribution in [1.29, 1.82) is 0 Å². The average Bonchev–Trinajstić information content (AvgIpc) is 2.94. The number of anilines is 2. The summed E-state index contributed by atoms with van der Waals surface area (Å²) in [5.41, 5.74) is 1.96. The van der Waals surface area contributed by atoms with Crippen molar-refractivity contribution < 1.29 is 13.0 Å². The number of aryl methyl sites for hydroxylation is 1. The summed E-state index contributed by atoms with van der Waals surface area (Å²) < 4.78 is 34.1. The Morgan fingerprint density at radius 2 is 1.96 bits per heavy atom. The minimum atomic E-state index is -4.27. The molecule has 3 rings (SSSR count). The molecule has 0 saturated heterocycles. The summed E-state index contributed by atoms with van der Waals surface area (Å²) in [6, 6.07) is 6.65. The fraction of sp³-hybridized carbons (Fsp3) is 0.267. The number of thioether (sulfide) groups is 1. The first-order valence-corrected chi connectivity index (χ1v) is 10.2. The Bertz CT molecular complexity index is 1020. The highest BCUT2D eigenvalue weighted by atomic mass is 32.2. The van der Waals surface area contributed by atoms with Crippen LogP contribution in [-0.4, -0.2) is 38.5 Å². The predicted octanol–water partition coefficient (Wildman–Crippen LogP) is 2.30. The summed E-state index contributed by atoms with van der Waals surface area (Å²) in [6.07, 6.45) is 1.72. The fourth-order valence-corrected chi connectivity index (χ4v) is 3.35. The maximum absolute atomic E-state index is 10.8.